The van der Waals surface area contributed by atoms with Gasteiger partial charge in [-0.25, -0.2) is 9.78 Å². The van der Waals surface area contributed by atoms with Crippen molar-refractivity contribution in [1.29, 1.82) is 0 Å². The number of nitrogens with zero attached hydrogens (tertiary/aromatic N) is 2. The Labute approximate surface area is 164 Å². The molecule has 0 spiro atoms. The molecule has 0 aliphatic carbocycles. The number of para-hydroxylation sites is 2. The zero-order valence-electron chi connectivity index (χ0n) is 16.7. The topological polar surface area (TPSA) is 107 Å². The van der Waals surface area contributed by atoms with Crippen LogP contribution in [-0.4, -0.2) is 44.8 Å². The molecule has 0 saturated carbocycles. The Morgan fingerprint density at radius 3 is 2.46 bits per heavy atom. The Hall–Kier alpha value is -2.90. The Kier molecular flexibility index (Phi) is 5.40. The molecule has 1 aliphatic heterocycles. The highest BCUT2D eigenvalue weighted by Crippen LogP contribution is 2.25. The van der Waals surface area contributed by atoms with Gasteiger partial charge in [0.1, 0.15) is 17.9 Å². The van der Waals surface area contributed by atoms with Gasteiger partial charge in [0.2, 0.25) is 5.91 Å². The summed E-state index contributed by atoms with van der Waals surface area (Å²) in [6.45, 7) is 7.34. The predicted molar refractivity (Wildman–Crippen MR) is 105 cm³/mol. The lowest BCUT2D eigenvalue weighted by molar-refractivity contribution is -0.135. The van der Waals surface area contributed by atoms with Gasteiger partial charge < -0.3 is 15.6 Å². The van der Waals surface area contributed by atoms with E-state index >= 15 is 0 Å². The first kappa shape index (κ1) is 19.9. The highest BCUT2D eigenvalue weighted by atomic mass is 16.2. The first-order chi connectivity index (χ1) is 13.3. The van der Waals surface area contributed by atoms with Gasteiger partial charge in [-0.15, -0.1) is 0 Å². The van der Waals surface area contributed by atoms with Crippen molar-refractivity contribution in [2.45, 2.75) is 52.1 Å². The van der Waals surface area contributed by atoms with Crippen LogP contribution in [0.15, 0.2) is 24.3 Å². The second-order valence-electron chi connectivity index (χ2n) is 7.54. The van der Waals surface area contributed by atoms with Crippen molar-refractivity contribution in [3.05, 3.63) is 30.1 Å². The highest BCUT2D eigenvalue weighted by Gasteiger charge is 2.49. The number of amides is 4. The van der Waals surface area contributed by atoms with Crippen molar-refractivity contribution in [2.24, 2.45) is 5.92 Å². The zero-order valence-corrected chi connectivity index (χ0v) is 16.7. The molecule has 8 nitrogen and oxygen atoms in total. The molecule has 3 rings (SSSR count). The molecule has 1 aromatic carbocycles. The minimum Gasteiger partial charge on any atom is -0.344 e. The quantitative estimate of drug-likeness (QED) is 0.637. The molecule has 0 radical (unpaired) electrons. The van der Waals surface area contributed by atoms with Crippen LogP contribution in [0, 0.1) is 5.92 Å². The van der Waals surface area contributed by atoms with E-state index in [1.165, 1.54) is 0 Å². The van der Waals surface area contributed by atoms with E-state index < -0.39 is 17.5 Å². The van der Waals surface area contributed by atoms with Gasteiger partial charge in [-0.3, -0.25) is 14.5 Å². The monoisotopic (exact) mass is 385 g/mol. The lowest BCUT2D eigenvalue weighted by atomic mass is 9.93. The number of aromatic nitrogens is 2. The van der Waals surface area contributed by atoms with Crippen molar-refractivity contribution in [3.63, 3.8) is 0 Å². The maximum Gasteiger partial charge on any atom is 0.325 e. The summed E-state index contributed by atoms with van der Waals surface area (Å²) in [7, 11) is 0. The molecule has 1 atom stereocenters. The lowest BCUT2D eigenvalue weighted by Crippen LogP contribution is -2.47. The number of hydrogen-bond acceptors (Lipinski definition) is 4. The summed E-state index contributed by atoms with van der Waals surface area (Å²) in [5, 5.41) is 5.65. The van der Waals surface area contributed by atoms with E-state index in [0.717, 1.165) is 15.9 Å². The second-order valence-corrected chi connectivity index (χ2v) is 7.54. The van der Waals surface area contributed by atoms with E-state index in [1.54, 1.807) is 0 Å². The van der Waals surface area contributed by atoms with Crippen molar-refractivity contribution in [2.75, 3.05) is 6.54 Å². The molecule has 2 aromatic rings. The average molecular weight is 385 g/mol. The van der Waals surface area contributed by atoms with Crippen LogP contribution in [0.4, 0.5) is 4.79 Å². The van der Waals surface area contributed by atoms with Crippen molar-refractivity contribution < 1.29 is 14.4 Å². The number of hydrogen-bond donors (Lipinski definition) is 3. The highest BCUT2D eigenvalue weighted by molar-refractivity contribution is 6.09. The van der Waals surface area contributed by atoms with Crippen LogP contribution in [0.5, 0.6) is 0 Å². The van der Waals surface area contributed by atoms with Gasteiger partial charge in [0, 0.05) is 0 Å². The molecule has 28 heavy (non-hydrogen) atoms. The van der Waals surface area contributed by atoms with Crippen LogP contribution in [0.2, 0.25) is 0 Å². The third kappa shape index (κ3) is 3.46. The number of carbonyl (C=O) groups excluding carboxylic acids is 3. The number of imidazole rings is 1. The summed E-state index contributed by atoms with van der Waals surface area (Å²) in [6, 6.07) is 6.76. The lowest BCUT2D eigenvalue weighted by Gasteiger charge is -2.24. The number of nitrogens with one attached hydrogen (secondary N) is 3. The summed E-state index contributed by atoms with van der Waals surface area (Å²) < 4.78 is 0. The molecule has 1 fully saturated rings. The van der Waals surface area contributed by atoms with Gasteiger partial charge >= 0.3 is 6.03 Å². The average Bonchev–Trinajstić information content (AvgIpc) is 3.20. The third-order valence-corrected chi connectivity index (χ3v) is 5.44. The molecule has 1 aliphatic rings. The first-order valence-electron chi connectivity index (χ1n) is 9.69. The van der Waals surface area contributed by atoms with Crippen LogP contribution in [0.25, 0.3) is 11.0 Å². The molecule has 2 heterocycles. The fourth-order valence-corrected chi connectivity index (χ4v) is 3.58. The number of rotatable bonds is 7. The number of imide groups is 1. The van der Waals surface area contributed by atoms with Crippen LogP contribution in [0.3, 0.4) is 0 Å². The van der Waals surface area contributed by atoms with E-state index in [1.807, 2.05) is 52.0 Å². The molecule has 1 saturated heterocycles. The minimum atomic E-state index is -0.909. The summed E-state index contributed by atoms with van der Waals surface area (Å²) in [4.78, 5) is 46.4. The van der Waals surface area contributed by atoms with Crippen molar-refractivity contribution >= 4 is 28.9 Å². The van der Waals surface area contributed by atoms with Crippen molar-refractivity contribution in [1.82, 2.24) is 25.5 Å². The summed E-state index contributed by atoms with van der Waals surface area (Å²) in [6.07, 6.45) is 0.972. The standard InChI is InChI=1S/C20H27N5O3/c1-5-20(6-2)18(27)25(19(28)24-20)11-15(26)23-16(12(3)4)17-21-13-9-7-8-10-14(13)22-17/h7-10,12,16H,5-6,11H2,1-4H3,(H,21,22)(H,23,26)(H,24,28)/t16-/m0/s1. The molecule has 3 N–H and O–H groups in total. The van der Waals surface area contributed by atoms with Crippen LogP contribution in [-0.2, 0) is 9.59 Å². The van der Waals surface area contributed by atoms with Crippen LogP contribution in [0.1, 0.15) is 52.4 Å². The minimum absolute atomic E-state index is 0.0676. The molecule has 8 heteroatoms. The van der Waals surface area contributed by atoms with Gasteiger partial charge in [0.15, 0.2) is 0 Å². The number of urea groups is 1. The number of aromatic amines is 1. The molecular formula is C20H27N5O3. The van der Waals surface area contributed by atoms with E-state index in [2.05, 4.69) is 20.6 Å². The van der Waals surface area contributed by atoms with Crippen LogP contribution < -0.4 is 10.6 Å². The number of carbonyl (C=O) groups is 3. The Balaban J connectivity index is 1.75. The number of fused-ring (bicyclic) bond motifs is 1. The Morgan fingerprint density at radius 2 is 1.89 bits per heavy atom. The maximum absolute atomic E-state index is 12.7. The number of benzene rings is 1. The van der Waals surface area contributed by atoms with E-state index in [0.29, 0.717) is 18.7 Å². The Bertz CT molecular complexity index is 867. The van der Waals surface area contributed by atoms with E-state index in [4.69, 9.17) is 0 Å². The van der Waals surface area contributed by atoms with Gasteiger partial charge in [-0.1, -0.05) is 39.8 Å². The normalized spacial score (nSPS) is 17.2. The van der Waals surface area contributed by atoms with Gasteiger partial charge in [0.25, 0.3) is 5.91 Å². The molecule has 0 bridgehead atoms. The molecule has 0 unspecified atom stereocenters. The van der Waals surface area contributed by atoms with Gasteiger partial charge in [-0.05, 0) is 30.9 Å². The Morgan fingerprint density at radius 1 is 1.21 bits per heavy atom. The number of H-pyrrole nitrogens is 1. The van der Waals surface area contributed by atoms with Gasteiger partial charge in [-0.2, -0.15) is 0 Å². The molecule has 1 aromatic heterocycles. The fourth-order valence-electron chi connectivity index (χ4n) is 3.58. The molecule has 150 valence electrons. The maximum atomic E-state index is 12.7. The summed E-state index contributed by atoms with van der Waals surface area (Å²) in [5.41, 5.74) is 0.803. The smallest absolute Gasteiger partial charge is 0.325 e. The summed E-state index contributed by atoms with van der Waals surface area (Å²) in [5.74, 6) is -0.0237. The first-order valence-corrected chi connectivity index (χ1v) is 9.69. The molecule has 4 amide bonds. The summed E-state index contributed by atoms with van der Waals surface area (Å²) >= 11 is 0. The fraction of sp³-hybridized carbons (Fsp3) is 0.500. The largest absolute Gasteiger partial charge is 0.344 e. The predicted octanol–water partition coefficient (Wildman–Crippen LogP) is 2.49. The van der Waals surface area contributed by atoms with Crippen molar-refractivity contribution in [3.8, 4) is 0 Å². The van der Waals surface area contributed by atoms with Crippen LogP contribution >= 0.6 is 0 Å². The third-order valence-electron chi connectivity index (χ3n) is 5.44. The molecular weight excluding hydrogens is 358 g/mol. The van der Waals surface area contributed by atoms with Gasteiger partial charge in [0.05, 0.1) is 17.1 Å². The second kappa shape index (κ2) is 7.61. The van der Waals surface area contributed by atoms with E-state index in [9.17, 15) is 14.4 Å². The SMILES string of the molecule is CCC1(CC)NC(=O)N(CC(=O)N[C@H](c2nc3ccccc3[nH]2)C(C)C)C1=O. The zero-order chi connectivity index (χ0) is 20.5. The van der Waals surface area contributed by atoms with E-state index in [-0.39, 0.29) is 24.4 Å².